The summed E-state index contributed by atoms with van der Waals surface area (Å²) in [6.45, 7) is 1.56. The zero-order valence-electron chi connectivity index (χ0n) is 11.6. The Labute approximate surface area is 121 Å². The molecule has 114 valence electrons. The number of carbonyl (C=O) groups is 1. The number of hydrogen-bond acceptors (Lipinski definition) is 4. The van der Waals surface area contributed by atoms with Gasteiger partial charge in [-0.3, -0.25) is 14.9 Å². The topological polar surface area (TPSA) is 92.5 Å². The minimum Gasteiger partial charge on any atom is -0.481 e. The van der Waals surface area contributed by atoms with Gasteiger partial charge in [0, 0.05) is 11.6 Å². The lowest BCUT2D eigenvalue weighted by molar-refractivity contribution is -0.385. The van der Waals surface area contributed by atoms with Crippen molar-refractivity contribution in [2.75, 3.05) is 5.32 Å². The average Bonchev–Trinajstić information content (AvgIpc) is 2.42. The highest BCUT2D eigenvalue weighted by molar-refractivity contribution is 5.70. The summed E-state index contributed by atoms with van der Waals surface area (Å²) >= 11 is 0. The van der Waals surface area contributed by atoms with E-state index in [9.17, 15) is 19.3 Å². The van der Waals surface area contributed by atoms with Gasteiger partial charge in [-0.25, -0.2) is 4.39 Å². The van der Waals surface area contributed by atoms with Gasteiger partial charge in [-0.15, -0.1) is 0 Å². The molecule has 0 aliphatic heterocycles. The lowest BCUT2D eigenvalue weighted by atomic mass is 9.86. The maximum Gasteiger partial charge on any atom is 0.306 e. The summed E-state index contributed by atoms with van der Waals surface area (Å²) in [4.78, 5) is 21.0. The number of nitrogens with one attached hydrogen (secondary N) is 1. The zero-order chi connectivity index (χ0) is 15.6. The van der Waals surface area contributed by atoms with Gasteiger partial charge in [0.05, 0.1) is 22.6 Å². The molecule has 0 radical (unpaired) electrons. The Hall–Kier alpha value is -2.18. The summed E-state index contributed by atoms with van der Waals surface area (Å²) in [5, 5.41) is 22.7. The van der Waals surface area contributed by atoms with Crippen LogP contribution in [0.5, 0.6) is 0 Å². The monoisotopic (exact) mass is 296 g/mol. The number of anilines is 1. The molecule has 1 aromatic carbocycles. The molecule has 6 nitrogen and oxygen atoms in total. The number of hydrogen-bond donors (Lipinski definition) is 2. The Morgan fingerprint density at radius 2 is 2.00 bits per heavy atom. The van der Waals surface area contributed by atoms with Crippen LogP contribution in [0.2, 0.25) is 0 Å². The van der Waals surface area contributed by atoms with Crippen molar-refractivity contribution >= 4 is 17.3 Å². The zero-order valence-corrected chi connectivity index (χ0v) is 11.6. The number of carboxylic acid groups (broad SMARTS) is 1. The van der Waals surface area contributed by atoms with Crippen LogP contribution in [0.25, 0.3) is 0 Å². The number of nitro groups is 1. The Balaban J connectivity index is 2.06. The smallest absolute Gasteiger partial charge is 0.306 e. The van der Waals surface area contributed by atoms with Crippen LogP contribution in [0, 0.1) is 28.8 Å². The molecule has 1 aliphatic rings. The van der Waals surface area contributed by atoms with Crippen LogP contribution in [-0.2, 0) is 4.79 Å². The first-order chi connectivity index (χ1) is 9.88. The summed E-state index contributed by atoms with van der Waals surface area (Å²) in [5.74, 6) is -1.77. The lowest BCUT2D eigenvalue weighted by Gasteiger charge is -2.27. The molecule has 7 heteroatoms. The molecule has 0 unspecified atom stereocenters. The molecular formula is C14H17FN2O4. The molecule has 0 heterocycles. The van der Waals surface area contributed by atoms with Crippen molar-refractivity contribution in [1.29, 1.82) is 0 Å². The van der Waals surface area contributed by atoms with Gasteiger partial charge in [-0.05, 0) is 38.7 Å². The number of aryl methyl sites for hydroxylation is 1. The summed E-state index contributed by atoms with van der Waals surface area (Å²) in [7, 11) is 0. The molecule has 2 N–H and O–H groups in total. The number of aliphatic carboxylic acids is 1. The number of nitro benzene ring substituents is 1. The van der Waals surface area contributed by atoms with Gasteiger partial charge in [0.25, 0.3) is 5.69 Å². The fraction of sp³-hybridized carbons (Fsp3) is 0.500. The van der Waals surface area contributed by atoms with Crippen LogP contribution >= 0.6 is 0 Å². The molecule has 0 bridgehead atoms. The molecule has 1 fully saturated rings. The average molecular weight is 296 g/mol. The van der Waals surface area contributed by atoms with Gasteiger partial charge < -0.3 is 10.4 Å². The van der Waals surface area contributed by atoms with Gasteiger partial charge in [0.2, 0.25) is 0 Å². The highest BCUT2D eigenvalue weighted by Gasteiger charge is 2.26. The molecule has 0 saturated heterocycles. The molecule has 1 aromatic rings. The Bertz CT molecular complexity index is 568. The Kier molecular flexibility index (Phi) is 4.40. The first kappa shape index (κ1) is 15.2. The van der Waals surface area contributed by atoms with E-state index in [1.54, 1.807) is 6.92 Å². The molecule has 2 rings (SSSR count). The summed E-state index contributed by atoms with van der Waals surface area (Å²) in [5.41, 5.74) is 0.382. The van der Waals surface area contributed by atoms with Gasteiger partial charge >= 0.3 is 5.97 Å². The predicted octanol–water partition coefficient (Wildman–Crippen LogP) is 3.10. The van der Waals surface area contributed by atoms with Crippen LogP contribution in [0.1, 0.15) is 31.2 Å². The van der Waals surface area contributed by atoms with E-state index in [2.05, 4.69) is 5.32 Å². The van der Waals surface area contributed by atoms with Crippen molar-refractivity contribution in [3.05, 3.63) is 33.6 Å². The SMILES string of the molecule is Cc1cc(NC2CCC(C(=O)O)CC2)c(F)cc1[N+](=O)[O-]. The van der Waals surface area contributed by atoms with E-state index >= 15 is 0 Å². The van der Waals surface area contributed by atoms with Crippen LogP contribution in [0.15, 0.2) is 12.1 Å². The summed E-state index contributed by atoms with van der Waals surface area (Å²) in [6, 6.07) is 2.34. The minimum atomic E-state index is -0.786. The molecule has 0 atom stereocenters. The lowest BCUT2D eigenvalue weighted by Crippen LogP contribution is -2.29. The maximum atomic E-state index is 13.9. The summed E-state index contributed by atoms with van der Waals surface area (Å²) < 4.78 is 13.9. The standard InChI is InChI=1S/C14H17FN2O4/c1-8-6-12(11(15)7-13(8)17(20)21)16-10-4-2-9(3-5-10)14(18)19/h6-7,9-10,16H,2-5H2,1H3,(H,18,19). The van der Waals surface area contributed by atoms with E-state index in [0.29, 0.717) is 31.2 Å². The number of nitrogens with zero attached hydrogens (tertiary/aromatic N) is 1. The van der Waals surface area contributed by atoms with E-state index in [1.807, 2.05) is 0 Å². The van der Waals surface area contributed by atoms with Crippen molar-refractivity contribution in [2.45, 2.75) is 38.6 Å². The number of benzene rings is 1. The van der Waals surface area contributed by atoms with Crippen molar-refractivity contribution in [2.24, 2.45) is 5.92 Å². The van der Waals surface area contributed by atoms with Crippen LogP contribution < -0.4 is 5.32 Å². The third-order valence-electron chi connectivity index (χ3n) is 3.92. The minimum absolute atomic E-state index is 0.00374. The molecule has 1 aliphatic carbocycles. The number of halogens is 1. The van der Waals surface area contributed by atoms with Gasteiger partial charge in [-0.1, -0.05) is 0 Å². The van der Waals surface area contributed by atoms with Gasteiger partial charge in [0.1, 0.15) is 0 Å². The third kappa shape index (κ3) is 3.48. The molecule has 0 amide bonds. The van der Waals surface area contributed by atoms with E-state index in [1.165, 1.54) is 6.07 Å². The first-order valence-corrected chi connectivity index (χ1v) is 6.82. The molecular weight excluding hydrogens is 279 g/mol. The molecule has 0 spiro atoms. The highest BCUT2D eigenvalue weighted by Crippen LogP contribution is 2.30. The predicted molar refractivity (Wildman–Crippen MR) is 74.8 cm³/mol. The van der Waals surface area contributed by atoms with Gasteiger partial charge in [-0.2, -0.15) is 0 Å². The second kappa shape index (κ2) is 6.07. The van der Waals surface area contributed by atoms with Gasteiger partial charge in [0.15, 0.2) is 5.82 Å². The quantitative estimate of drug-likeness (QED) is 0.658. The first-order valence-electron chi connectivity index (χ1n) is 6.82. The van der Waals surface area contributed by atoms with Crippen molar-refractivity contribution in [3.8, 4) is 0 Å². The second-order valence-electron chi connectivity index (χ2n) is 5.41. The van der Waals surface area contributed by atoms with E-state index in [-0.39, 0.29) is 23.3 Å². The molecule has 21 heavy (non-hydrogen) atoms. The Morgan fingerprint density at radius 1 is 1.38 bits per heavy atom. The maximum absolute atomic E-state index is 13.9. The van der Waals surface area contributed by atoms with E-state index in [4.69, 9.17) is 5.11 Å². The van der Waals surface area contributed by atoms with E-state index < -0.39 is 16.7 Å². The molecule has 1 saturated carbocycles. The largest absolute Gasteiger partial charge is 0.481 e. The van der Waals surface area contributed by atoms with Crippen molar-refractivity contribution in [1.82, 2.24) is 0 Å². The fourth-order valence-electron chi connectivity index (χ4n) is 2.68. The van der Waals surface area contributed by atoms with Crippen molar-refractivity contribution < 1.29 is 19.2 Å². The summed E-state index contributed by atoms with van der Waals surface area (Å²) in [6.07, 6.45) is 2.40. The molecule has 0 aromatic heterocycles. The van der Waals surface area contributed by atoms with E-state index in [0.717, 1.165) is 6.07 Å². The van der Waals surface area contributed by atoms with Crippen molar-refractivity contribution in [3.63, 3.8) is 0 Å². The van der Waals surface area contributed by atoms with Crippen LogP contribution in [-0.4, -0.2) is 22.0 Å². The third-order valence-corrected chi connectivity index (χ3v) is 3.92. The number of rotatable bonds is 4. The van der Waals surface area contributed by atoms with Crippen LogP contribution in [0.4, 0.5) is 15.8 Å². The van der Waals surface area contributed by atoms with Crippen LogP contribution in [0.3, 0.4) is 0 Å². The fourth-order valence-corrected chi connectivity index (χ4v) is 2.68. The Morgan fingerprint density at radius 3 is 2.52 bits per heavy atom. The highest BCUT2D eigenvalue weighted by atomic mass is 19.1. The second-order valence-corrected chi connectivity index (χ2v) is 5.41. The number of carboxylic acids is 1. The normalized spacial score (nSPS) is 21.8.